The van der Waals surface area contributed by atoms with Crippen LogP contribution >= 0.6 is 11.8 Å². The van der Waals surface area contributed by atoms with Crippen molar-refractivity contribution in [1.29, 1.82) is 0 Å². The zero-order chi connectivity index (χ0) is 16.8. The van der Waals surface area contributed by atoms with Crippen molar-refractivity contribution in [3.63, 3.8) is 0 Å². The fraction of sp³-hybridized carbons (Fsp3) is 0.438. The third-order valence-corrected chi connectivity index (χ3v) is 4.63. The molecule has 124 valence electrons. The first-order valence-electron chi connectivity index (χ1n) is 7.49. The Morgan fingerprint density at radius 2 is 2.30 bits per heavy atom. The van der Waals surface area contributed by atoms with E-state index in [0.717, 1.165) is 0 Å². The topological polar surface area (TPSA) is 70.2 Å². The van der Waals surface area contributed by atoms with E-state index in [1.54, 1.807) is 25.3 Å². The van der Waals surface area contributed by atoms with Crippen LogP contribution in [0.3, 0.4) is 0 Å². The molecule has 0 aliphatic rings. The Kier molecular flexibility index (Phi) is 6.04. The largest absolute Gasteiger partial charge is 0.465 e. The number of aromatic nitrogens is 3. The van der Waals surface area contributed by atoms with Gasteiger partial charge in [-0.2, -0.15) is 0 Å². The van der Waals surface area contributed by atoms with Crippen LogP contribution in [-0.2, 0) is 16.1 Å². The summed E-state index contributed by atoms with van der Waals surface area (Å²) in [7, 11) is 0. The first-order valence-corrected chi connectivity index (χ1v) is 8.37. The zero-order valence-corrected chi connectivity index (χ0v) is 14.4. The van der Waals surface area contributed by atoms with Gasteiger partial charge in [0.15, 0.2) is 10.9 Å². The number of allylic oxidation sites excluding steroid dienone is 1. The quantitative estimate of drug-likeness (QED) is 0.418. The molecule has 0 saturated carbocycles. The van der Waals surface area contributed by atoms with Crippen molar-refractivity contribution in [2.45, 2.75) is 37.7 Å². The van der Waals surface area contributed by atoms with Crippen LogP contribution in [0.15, 0.2) is 40.6 Å². The van der Waals surface area contributed by atoms with Gasteiger partial charge in [-0.3, -0.25) is 9.36 Å². The Hall–Kier alpha value is -2.02. The summed E-state index contributed by atoms with van der Waals surface area (Å²) >= 11 is 1.35. The Balaban J connectivity index is 2.31. The maximum absolute atomic E-state index is 12.2. The third kappa shape index (κ3) is 4.04. The van der Waals surface area contributed by atoms with Crippen LogP contribution in [-0.4, -0.2) is 32.6 Å². The minimum atomic E-state index is -0.341. The van der Waals surface area contributed by atoms with E-state index in [0.29, 0.717) is 29.9 Å². The number of hydrogen-bond donors (Lipinski definition) is 0. The predicted octanol–water partition coefficient (Wildman–Crippen LogP) is 3.40. The monoisotopic (exact) mass is 335 g/mol. The van der Waals surface area contributed by atoms with E-state index in [4.69, 9.17) is 9.15 Å². The molecule has 0 aromatic carbocycles. The van der Waals surface area contributed by atoms with Gasteiger partial charge < -0.3 is 9.15 Å². The van der Waals surface area contributed by atoms with Crippen LogP contribution in [0.2, 0.25) is 0 Å². The van der Waals surface area contributed by atoms with Gasteiger partial charge in [-0.25, -0.2) is 0 Å². The summed E-state index contributed by atoms with van der Waals surface area (Å²) in [6.45, 7) is 10.4. The second kappa shape index (κ2) is 8.01. The minimum Gasteiger partial charge on any atom is -0.465 e. The number of hydrogen-bond acceptors (Lipinski definition) is 6. The fourth-order valence-corrected chi connectivity index (χ4v) is 3.09. The maximum atomic E-state index is 12.2. The first kappa shape index (κ1) is 17.3. The van der Waals surface area contributed by atoms with Crippen molar-refractivity contribution in [3.8, 4) is 11.6 Å². The molecular weight excluding hydrogens is 314 g/mol. The maximum Gasteiger partial charge on any atom is 0.319 e. The molecule has 2 aromatic rings. The molecule has 0 fully saturated rings. The van der Waals surface area contributed by atoms with Gasteiger partial charge in [0.2, 0.25) is 5.82 Å². The summed E-state index contributed by atoms with van der Waals surface area (Å²) in [5.74, 6) is 1.12. The average molecular weight is 335 g/mol. The number of rotatable bonds is 8. The van der Waals surface area contributed by atoms with Crippen LogP contribution < -0.4 is 0 Å². The first-order chi connectivity index (χ1) is 11.1. The molecule has 2 heterocycles. The molecule has 2 rings (SSSR count). The van der Waals surface area contributed by atoms with E-state index >= 15 is 0 Å². The van der Waals surface area contributed by atoms with Gasteiger partial charge >= 0.3 is 5.97 Å². The molecule has 0 spiro atoms. The number of carbonyl (C=O) groups is 1. The fourth-order valence-electron chi connectivity index (χ4n) is 2.05. The molecule has 0 N–H and O–H groups in total. The highest BCUT2D eigenvalue weighted by Gasteiger charge is 2.28. The lowest BCUT2D eigenvalue weighted by Gasteiger charge is -2.18. The number of furan rings is 1. The van der Waals surface area contributed by atoms with E-state index in [9.17, 15) is 4.79 Å². The molecule has 0 amide bonds. The molecule has 0 bridgehead atoms. The molecule has 0 saturated heterocycles. The second-order valence-corrected chi connectivity index (χ2v) is 6.33. The molecule has 0 radical (unpaired) electrons. The van der Waals surface area contributed by atoms with Gasteiger partial charge in [-0.15, -0.1) is 16.8 Å². The Labute approximate surface area is 139 Å². The van der Waals surface area contributed by atoms with Gasteiger partial charge in [0.1, 0.15) is 5.25 Å². The van der Waals surface area contributed by atoms with Crippen molar-refractivity contribution in [2.75, 3.05) is 6.61 Å². The van der Waals surface area contributed by atoms with Gasteiger partial charge in [0.05, 0.1) is 12.9 Å². The summed E-state index contributed by atoms with van der Waals surface area (Å²) in [6.07, 6.45) is 3.35. The number of ether oxygens (including phenoxy) is 1. The van der Waals surface area contributed by atoms with E-state index in [1.165, 1.54) is 11.8 Å². The van der Waals surface area contributed by atoms with Crippen LogP contribution in [0.4, 0.5) is 0 Å². The third-order valence-electron chi connectivity index (χ3n) is 3.13. The summed E-state index contributed by atoms with van der Waals surface area (Å²) in [5.41, 5.74) is 0. The van der Waals surface area contributed by atoms with Crippen molar-refractivity contribution in [1.82, 2.24) is 14.8 Å². The molecule has 1 atom stereocenters. The highest BCUT2D eigenvalue weighted by molar-refractivity contribution is 8.00. The zero-order valence-electron chi connectivity index (χ0n) is 13.6. The Morgan fingerprint density at radius 1 is 1.52 bits per heavy atom. The average Bonchev–Trinajstić information content (AvgIpc) is 3.14. The molecule has 0 unspecified atom stereocenters. The van der Waals surface area contributed by atoms with Crippen LogP contribution in [0, 0.1) is 5.92 Å². The molecular formula is C16H21N3O3S. The second-order valence-electron chi connectivity index (χ2n) is 5.22. The van der Waals surface area contributed by atoms with E-state index in [1.807, 2.05) is 24.5 Å². The van der Waals surface area contributed by atoms with Crippen LogP contribution in [0.1, 0.15) is 20.8 Å². The highest BCUT2D eigenvalue weighted by atomic mass is 32.2. The van der Waals surface area contributed by atoms with Crippen LogP contribution in [0.25, 0.3) is 11.6 Å². The van der Waals surface area contributed by atoms with E-state index in [-0.39, 0.29) is 17.1 Å². The number of nitrogens with zero attached hydrogens (tertiary/aromatic N) is 3. The lowest BCUT2D eigenvalue weighted by atomic mass is 10.1. The molecule has 23 heavy (non-hydrogen) atoms. The Morgan fingerprint density at radius 3 is 2.87 bits per heavy atom. The normalized spacial score (nSPS) is 12.3. The minimum absolute atomic E-state index is 0.111. The number of carbonyl (C=O) groups excluding carboxylic acids is 1. The predicted molar refractivity (Wildman–Crippen MR) is 89.0 cm³/mol. The smallest absolute Gasteiger partial charge is 0.319 e. The lowest BCUT2D eigenvalue weighted by molar-refractivity contribution is -0.143. The summed E-state index contributed by atoms with van der Waals surface area (Å²) in [6, 6.07) is 3.62. The standard InChI is InChI=1S/C16H21N3O3S/c1-5-9-19-14(12-8-7-10-22-12)17-18-16(19)23-13(11(3)4)15(20)21-6-2/h5,7-8,10-11,13H,1,6,9H2,2-4H3/t13-/m1/s1. The number of thioether (sulfide) groups is 1. The van der Waals surface area contributed by atoms with Gasteiger partial charge in [-0.1, -0.05) is 31.7 Å². The molecule has 0 aliphatic heterocycles. The SMILES string of the molecule is C=CCn1c(S[C@@H](C(=O)OCC)C(C)C)nnc1-c1ccco1. The van der Waals surface area contributed by atoms with Crippen molar-refractivity contribution >= 4 is 17.7 Å². The van der Waals surface area contributed by atoms with Crippen molar-refractivity contribution in [3.05, 3.63) is 31.1 Å². The summed E-state index contributed by atoms with van der Waals surface area (Å²) in [4.78, 5) is 12.2. The molecule has 6 nitrogen and oxygen atoms in total. The van der Waals surface area contributed by atoms with Gasteiger partial charge in [0.25, 0.3) is 0 Å². The van der Waals surface area contributed by atoms with Gasteiger partial charge in [0, 0.05) is 6.54 Å². The molecule has 0 aliphatic carbocycles. The molecule has 2 aromatic heterocycles. The number of esters is 1. The van der Waals surface area contributed by atoms with E-state index < -0.39 is 0 Å². The molecule has 7 heteroatoms. The van der Waals surface area contributed by atoms with Crippen LogP contribution in [0.5, 0.6) is 0 Å². The Bertz CT molecular complexity index is 650. The van der Waals surface area contributed by atoms with Crippen molar-refractivity contribution < 1.29 is 13.9 Å². The lowest BCUT2D eigenvalue weighted by Crippen LogP contribution is -2.26. The summed E-state index contributed by atoms with van der Waals surface area (Å²) in [5, 5.41) is 8.71. The summed E-state index contributed by atoms with van der Waals surface area (Å²) < 4.78 is 12.4. The van der Waals surface area contributed by atoms with Crippen molar-refractivity contribution in [2.24, 2.45) is 5.92 Å². The van der Waals surface area contributed by atoms with E-state index in [2.05, 4.69) is 16.8 Å². The van der Waals surface area contributed by atoms with Gasteiger partial charge in [-0.05, 0) is 25.0 Å². The highest BCUT2D eigenvalue weighted by Crippen LogP contribution is 2.31.